The molecule has 1 aromatic carbocycles. The van der Waals surface area contributed by atoms with Crippen LogP contribution in [0, 0.1) is 12.8 Å². The zero-order valence-corrected chi connectivity index (χ0v) is 14.7. The Balaban J connectivity index is 1.96. The van der Waals surface area contributed by atoms with Crippen molar-refractivity contribution in [3.63, 3.8) is 0 Å². The number of hydrogen-bond donors (Lipinski definition) is 2. The van der Waals surface area contributed by atoms with Crippen LogP contribution < -0.4 is 10.6 Å². The summed E-state index contributed by atoms with van der Waals surface area (Å²) in [7, 11) is 1.93. The summed E-state index contributed by atoms with van der Waals surface area (Å²) in [6.07, 6.45) is 2.59. The summed E-state index contributed by atoms with van der Waals surface area (Å²) in [4.78, 5) is 21.6. The molecule has 0 radical (unpaired) electrons. The van der Waals surface area contributed by atoms with E-state index in [0.717, 1.165) is 47.6 Å². The Morgan fingerprint density at radius 2 is 2.08 bits per heavy atom. The first-order valence-corrected chi connectivity index (χ1v) is 8.53. The van der Waals surface area contributed by atoms with Crippen molar-refractivity contribution in [2.24, 2.45) is 5.92 Å². The molecule has 1 aliphatic rings. The quantitative estimate of drug-likeness (QED) is 0.902. The first-order valence-electron chi connectivity index (χ1n) is 8.53. The molecule has 0 saturated heterocycles. The molecule has 1 unspecified atom stereocenters. The zero-order chi connectivity index (χ0) is 17.3. The van der Waals surface area contributed by atoms with Gasteiger partial charge in [0.25, 0.3) is 0 Å². The molecular formula is C19H24N4O. The monoisotopic (exact) mass is 324 g/mol. The number of aryl methyl sites for hydroxylation is 3. The normalized spacial score (nSPS) is 13.7. The average molecular weight is 324 g/mol. The molecule has 1 amide bonds. The number of rotatable bonds is 4. The molecule has 1 aliphatic carbocycles. The van der Waals surface area contributed by atoms with Gasteiger partial charge >= 0.3 is 0 Å². The molecular weight excluding hydrogens is 300 g/mol. The van der Waals surface area contributed by atoms with E-state index in [9.17, 15) is 4.79 Å². The third-order valence-electron chi connectivity index (χ3n) is 4.72. The van der Waals surface area contributed by atoms with Gasteiger partial charge in [-0.05, 0) is 43.9 Å². The third kappa shape index (κ3) is 2.98. The number of hydrogen-bond acceptors (Lipinski definition) is 4. The maximum atomic E-state index is 12.1. The van der Waals surface area contributed by atoms with Crippen LogP contribution in [0.3, 0.4) is 0 Å². The molecule has 0 fully saturated rings. The summed E-state index contributed by atoms with van der Waals surface area (Å²) in [6.45, 7) is 5.83. The Bertz CT molecular complexity index is 785. The largest absolute Gasteiger partial charge is 0.388 e. The number of nitrogens with zero attached hydrogens (tertiary/aromatic N) is 2. The number of fused-ring (bicyclic) bond motifs is 3. The summed E-state index contributed by atoms with van der Waals surface area (Å²) < 4.78 is 0. The number of benzene rings is 1. The van der Waals surface area contributed by atoms with Gasteiger partial charge in [0.2, 0.25) is 5.91 Å². The lowest BCUT2D eigenvalue weighted by Crippen LogP contribution is -2.22. The molecule has 126 valence electrons. The van der Waals surface area contributed by atoms with E-state index < -0.39 is 0 Å². The van der Waals surface area contributed by atoms with E-state index >= 15 is 0 Å². The van der Waals surface area contributed by atoms with Crippen LogP contribution in [-0.4, -0.2) is 22.9 Å². The van der Waals surface area contributed by atoms with Crippen LogP contribution in [0.4, 0.5) is 11.5 Å². The molecule has 0 saturated carbocycles. The van der Waals surface area contributed by atoms with Crippen molar-refractivity contribution in [3.05, 3.63) is 35.2 Å². The number of aromatic nitrogens is 2. The van der Waals surface area contributed by atoms with Crippen molar-refractivity contribution in [2.75, 3.05) is 17.7 Å². The van der Waals surface area contributed by atoms with Gasteiger partial charge in [-0.2, -0.15) is 0 Å². The van der Waals surface area contributed by atoms with Crippen molar-refractivity contribution in [1.29, 1.82) is 0 Å². The van der Waals surface area contributed by atoms with Gasteiger partial charge in [-0.25, -0.2) is 9.97 Å². The Morgan fingerprint density at radius 1 is 1.29 bits per heavy atom. The van der Waals surface area contributed by atoms with E-state index in [0.29, 0.717) is 5.82 Å². The number of anilines is 2. The van der Waals surface area contributed by atoms with Gasteiger partial charge in [0, 0.05) is 24.2 Å². The highest BCUT2D eigenvalue weighted by Crippen LogP contribution is 2.34. The molecule has 1 aromatic heterocycles. The average Bonchev–Trinajstić information content (AvgIpc) is 2.61. The van der Waals surface area contributed by atoms with E-state index in [1.54, 1.807) is 0 Å². The fraction of sp³-hybridized carbons (Fsp3) is 0.421. The van der Waals surface area contributed by atoms with Crippen LogP contribution in [0.5, 0.6) is 0 Å². The van der Waals surface area contributed by atoms with Crippen LogP contribution in [0.25, 0.3) is 11.3 Å². The maximum absolute atomic E-state index is 12.1. The minimum atomic E-state index is -0.0251. The second-order valence-corrected chi connectivity index (χ2v) is 6.37. The summed E-state index contributed by atoms with van der Waals surface area (Å²) in [5.74, 6) is 0.571. The van der Waals surface area contributed by atoms with Crippen LogP contribution in [-0.2, 0) is 17.6 Å². The Morgan fingerprint density at radius 3 is 2.79 bits per heavy atom. The first-order chi connectivity index (χ1) is 11.5. The lowest BCUT2D eigenvalue weighted by molar-refractivity contribution is -0.119. The number of nitrogens with one attached hydrogen (secondary N) is 2. The van der Waals surface area contributed by atoms with Gasteiger partial charge in [-0.3, -0.25) is 4.79 Å². The van der Waals surface area contributed by atoms with Gasteiger partial charge in [-0.1, -0.05) is 19.9 Å². The standard InChI is InChI=1S/C19H24N4O/c1-5-11(2)19(24)23-18-12(3)21-17-15-8-7-14(20-4)10-13(15)6-9-16(17)22-18/h7-8,10-11,20H,5-6,9H2,1-4H3,(H,22,23,24). The Labute approximate surface area is 142 Å². The minimum absolute atomic E-state index is 0.00437. The topological polar surface area (TPSA) is 66.9 Å². The number of amides is 1. The van der Waals surface area contributed by atoms with Gasteiger partial charge in [0.1, 0.15) is 0 Å². The summed E-state index contributed by atoms with van der Waals surface area (Å²) in [5.41, 5.74) is 6.21. The fourth-order valence-electron chi connectivity index (χ4n) is 2.93. The second-order valence-electron chi connectivity index (χ2n) is 6.37. The highest BCUT2D eigenvalue weighted by atomic mass is 16.1. The molecule has 5 nitrogen and oxygen atoms in total. The predicted octanol–water partition coefficient (Wildman–Crippen LogP) is 3.58. The zero-order valence-electron chi connectivity index (χ0n) is 14.7. The third-order valence-corrected chi connectivity index (χ3v) is 4.72. The molecule has 3 rings (SSSR count). The van der Waals surface area contributed by atoms with Crippen molar-refractivity contribution < 1.29 is 4.79 Å². The molecule has 2 aromatic rings. The van der Waals surface area contributed by atoms with Crippen molar-refractivity contribution >= 4 is 17.4 Å². The molecule has 0 spiro atoms. The van der Waals surface area contributed by atoms with Crippen LogP contribution in [0.15, 0.2) is 18.2 Å². The second kappa shape index (κ2) is 6.59. The van der Waals surface area contributed by atoms with E-state index in [-0.39, 0.29) is 11.8 Å². The smallest absolute Gasteiger partial charge is 0.228 e. The molecule has 1 heterocycles. The van der Waals surface area contributed by atoms with E-state index in [2.05, 4.69) is 28.8 Å². The van der Waals surface area contributed by atoms with Gasteiger partial charge in [0.05, 0.1) is 17.1 Å². The van der Waals surface area contributed by atoms with E-state index in [1.807, 2.05) is 27.8 Å². The van der Waals surface area contributed by atoms with E-state index in [4.69, 9.17) is 9.97 Å². The van der Waals surface area contributed by atoms with Gasteiger partial charge in [-0.15, -0.1) is 0 Å². The molecule has 2 N–H and O–H groups in total. The molecule has 5 heteroatoms. The Hall–Kier alpha value is -2.43. The van der Waals surface area contributed by atoms with E-state index in [1.165, 1.54) is 5.56 Å². The van der Waals surface area contributed by atoms with Crippen molar-refractivity contribution in [1.82, 2.24) is 9.97 Å². The lowest BCUT2D eigenvalue weighted by atomic mass is 9.91. The van der Waals surface area contributed by atoms with Crippen molar-refractivity contribution in [2.45, 2.75) is 40.0 Å². The minimum Gasteiger partial charge on any atom is -0.388 e. The van der Waals surface area contributed by atoms with Crippen LogP contribution in [0.2, 0.25) is 0 Å². The summed E-state index contributed by atoms with van der Waals surface area (Å²) in [6, 6.07) is 6.34. The Kier molecular flexibility index (Phi) is 4.51. The van der Waals surface area contributed by atoms with Crippen molar-refractivity contribution in [3.8, 4) is 11.3 Å². The highest BCUT2D eigenvalue weighted by molar-refractivity contribution is 5.92. The summed E-state index contributed by atoms with van der Waals surface area (Å²) >= 11 is 0. The van der Waals surface area contributed by atoms with Gasteiger partial charge in [0.15, 0.2) is 5.82 Å². The fourth-order valence-corrected chi connectivity index (χ4v) is 2.93. The SMILES string of the molecule is CCC(C)C(=O)Nc1nc2c(nc1C)-c1ccc(NC)cc1CC2. The number of carbonyl (C=O) groups is 1. The lowest BCUT2D eigenvalue weighted by Gasteiger charge is -2.21. The van der Waals surface area contributed by atoms with Crippen LogP contribution in [0.1, 0.15) is 37.2 Å². The molecule has 1 atom stereocenters. The summed E-state index contributed by atoms with van der Waals surface area (Å²) in [5, 5.41) is 6.11. The molecule has 0 bridgehead atoms. The number of carbonyl (C=O) groups excluding carboxylic acids is 1. The first kappa shape index (κ1) is 16.4. The highest BCUT2D eigenvalue weighted by Gasteiger charge is 2.22. The van der Waals surface area contributed by atoms with Crippen LogP contribution >= 0.6 is 0 Å². The van der Waals surface area contributed by atoms with Gasteiger partial charge < -0.3 is 10.6 Å². The molecule has 0 aliphatic heterocycles. The maximum Gasteiger partial charge on any atom is 0.228 e. The molecule has 24 heavy (non-hydrogen) atoms. The predicted molar refractivity (Wildman–Crippen MR) is 97.2 cm³/mol.